The molecule has 0 saturated heterocycles. The number of oxime groups is 2. The summed E-state index contributed by atoms with van der Waals surface area (Å²) in [4.78, 5) is 10.1. The van der Waals surface area contributed by atoms with Crippen molar-refractivity contribution in [2.75, 3.05) is 20.3 Å². The van der Waals surface area contributed by atoms with Crippen molar-refractivity contribution in [3.05, 3.63) is 29.8 Å². The van der Waals surface area contributed by atoms with Gasteiger partial charge in [0.1, 0.15) is 19.5 Å². The zero-order valence-electron chi connectivity index (χ0n) is 12.8. The maximum absolute atomic E-state index is 5.68. The third-order valence-corrected chi connectivity index (χ3v) is 3.66. The molecule has 0 aromatic heterocycles. The maximum atomic E-state index is 5.68. The van der Waals surface area contributed by atoms with E-state index in [1.807, 2.05) is 24.3 Å². The molecule has 1 aliphatic rings. The topological polar surface area (TPSA) is 61.6 Å². The minimum Gasteiger partial charge on any atom is -0.434 e. The van der Waals surface area contributed by atoms with E-state index in [1.165, 1.54) is 7.11 Å². The normalized spacial score (nSPS) is 17.7. The summed E-state index contributed by atoms with van der Waals surface area (Å²) in [6.07, 6.45) is 0. The largest absolute Gasteiger partial charge is 0.434 e. The Morgan fingerprint density at radius 3 is 2.57 bits per heavy atom. The van der Waals surface area contributed by atoms with Gasteiger partial charge in [0.05, 0.1) is 12.2 Å². The first kappa shape index (κ1) is 15.5. The Morgan fingerprint density at radius 1 is 1.10 bits per heavy atom. The van der Waals surface area contributed by atoms with E-state index >= 15 is 0 Å². The predicted molar refractivity (Wildman–Crippen MR) is 83.3 cm³/mol. The van der Waals surface area contributed by atoms with Crippen LogP contribution in [0.15, 0.2) is 34.6 Å². The molecule has 0 fully saturated rings. The zero-order valence-corrected chi connectivity index (χ0v) is 13.8. The second kappa shape index (κ2) is 6.73. The number of benzene rings is 1. The number of para-hydroxylation sites is 1. The fourth-order valence-electron chi connectivity index (χ4n) is 1.75. The molecule has 6 nitrogen and oxygen atoms in total. The average Bonchev–Trinajstić information content (AvgIpc) is 2.76. The minimum absolute atomic E-state index is 0.297. The Kier molecular flexibility index (Phi) is 4.97. The summed E-state index contributed by atoms with van der Waals surface area (Å²) >= 11 is 0. The highest BCUT2D eigenvalue weighted by Gasteiger charge is 2.28. The number of fused-ring (bicyclic) bond motifs is 1. The van der Waals surface area contributed by atoms with Crippen LogP contribution < -0.4 is 4.74 Å². The Hall–Kier alpha value is -1.86. The molecule has 2 rings (SSSR count). The number of rotatable bonds is 6. The number of nitrogens with zero attached hydrogens (tertiary/aromatic N) is 2. The molecule has 0 radical (unpaired) electrons. The van der Waals surface area contributed by atoms with E-state index in [1.54, 1.807) is 0 Å². The van der Waals surface area contributed by atoms with Gasteiger partial charge in [-0.05, 0) is 36.9 Å². The van der Waals surface area contributed by atoms with Gasteiger partial charge in [0, 0.05) is 0 Å². The van der Waals surface area contributed by atoms with Gasteiger partial charge in [0.15, 0.2) is 14.0 Å². The molecular formula is C14H20N2O4Si. The maximum Gasteiger partial charge on any atom is 0.286 e. The molecule has 0 spiro atoms. The standard InChI is InChI=1S/C14H20N2O4Si/c1-17-15-13-11-7-5-6-8-12(11)20-14(13)16-18-9-10-19-21(2,3)4/h5-8H,9-10H2,1-4H3/b15-13-,16-14-. The van der Waals surface area contributed by atoms with Crippen molar-refractivity contribution in [2.45, 2.75) is 19.6 Å². The van der Waals surface area contributed by atoms with Gasteiger partial charge in [0.25, 0.3) is 5.90 Å². The monoisotopic (exact) mass is 308 g/mol. The smallest absolute Gasteiger partial charge is 0.286 e. The van der Waals surface area contributed by atoms with Crippen LogP contribution in [-0.2, 0) is 14.1 Å². The van der Waals surface area contributed by atoms with Crippen LogP contribution in [0.5, 0.6) is 5.75 Å². The molecule has 21 heavy (non-hydrogen) atoms. The Balaban J connectivity index is 1.97. The van der Waals surface area contributed by atoms with Gasteiger partial charge in [-0.15, -0.1) is 0 Å². The Morgan fingerprint density at radius 2 is 1.86 bits per heavy atom. The molecule has 1 heterocycles. The highest BCUT2D eigenvalue weighted by atomic mass is 28.4. The van der Waals surface area contributed by atoms with Crippen LogP contribution in [0.1, 0.15) is 5.56 Å². The van der Waals surface area contributed by atoms with Gasteiger partial charge in [-0.25, -0.2) is 0 Å². The van der Waals surface area contributed by atoms with E-state index in [0.29, 0.717) is 30.6 Å². The van der Waals surface area contributed by atoms with Crippen LogP contribution in [0, 0.1) is 0 Å². The molecular weight excluding hydrogens is 288 g/mol. The molecule has 0 amide bonds. The second-order valence-electron chi connectivity index (χ2n) is 5.41. The van der Waals surface area contributed by atoms with Gasteiger partial charge < -0.3 is 18.8 Å². The van der Waals surface area contributed by atoms with Crippen molar-refractivity contribution in [2.24, 2.45) is 10.3 Å². The van der Waals surface area contributed by atoms with Crippen LogP contribution in [-0.4, -0.2) is 40.3 Å². The molecule has 0 N–H and O–H groups in total. The summed E-state index contributed by atoms with van der Waals surface area (Å²) in [5.41, 5.74) is 1.36. The van der Waals surface area contributed by atoms with Crippen LogP contribution in [0.2, 0.25) is 19.6 Å². The molecule has 1 aromatic carbocycles. The molecule has 0 aliphatic carbocycles. The number of hydrogen-bond acceptors (Lipinski definition) is 6. The minimum atomic E-state index is -1.52. The third-order valence-electron chi connectivity index (χ3n) is 2.59. The fraction of sp³-hybridized carbons (Fsp3) is 0.429. The lowest BCUT2D eigenvalue weighted by molar-refractivity contribution is 0.102. The van der Waals surface area contributed by atoms with Gasteiger partial charge in [-0.3, -0.25) is 0 Å². The second-order valence-corrected chi connectivity index (χ2v) is 9.92. The Bertz CT molecular complexity index is 552. The van der Waals surface area contributed by atoms with E-state index in [0.717, 1.165) is 5.56 Å². The van der Waals surface area contributed by atoms with Crippen molar-refractivity contribution < 1.29 is 18.8 Å². The van der Waals surface area contributed by atoms with Crippen LogP contribution in [0.25, 0.3) is 0 Å². The lowest BCUT2D eigenvalue weighted by atomic mass is 10.1. The van der Waals surface area contributed by atoms with Crippen molar-refractivity contribution in [1.29, 1.82) is 0 Å². The van der Waals surface area contributed by atoms with E-state index in [-0.39, 0.29) is 0 Å². The molecule has 1 aromatic rings. The first-order valence-corrected chi connectivity index (χ1v) is 10.1. The predicted octanol–water partition coefficient (Wildman–Crippen LogP) is 2.61. The van der Waals surface area contributed by atoms with E-state index < -0.39 is 8.32 Å². The molecule has 0 bridgehead atoms. The highest BCUT2D eigenvalue weighted by Crippen LogP contribution is 2.26. The number of hydrogen-bond donors (Lipinski definition) is 0. The lowest BCUT2D eigenvalue weighted by Crippen LogP contribution is -2.27. The van der Waals surface area contributed by atoms with E-state index in [4.69, 9.17) is 18.8 Å². The lowest BCUT2D eigenvalue weighted by Gasteiger charge is -2.16. The van der Waals surface area contributed by atoms with Crippen molar-refractivity contribution in [3.8, 4) is 5.75 Å². The summed E-state index contributed by atoms with van der Waals surface area (Å²) in [7, 11) is -0.0397. The van der Waals surface area contributed by atoms with E-state index in [2.05, 4.69) is 30.0 Å². The summed E-state index contributed by atoms with van der Waals surface area (Å²) in [6.45, 7) is 7.25. The van der Waals surface area contributed by atoms with Crippen LogP contribution >= 0.6 is 0 Å². The van der Waals surface area contributed by atoms with Crippen molar-refractivity contribution >= 4 is 19.9 Å². The molecule has 0 atom stereocenters. The summed E-state index contributed by atoms with van der Waals surface area (Å²) in [5, 5.41) is 7.92. The first-order chi connectivity index (χ1) is 10.0. The van der Waals surface area contributed by atoms with Crippen LogP contribution in [0.4, 0.5) is 0 Å². The molecule has 0 unspecified atom stereocenters. The van der Waals surface area contributed by atoms with Gasteiger partial charge in [-0.1, -0.05) is 17.3 Å². The summed E-state index contributed by atoms with van der Waals surface area (Å²) in [5.74, 6) is 0.986. The molecule has 7 heteroatoms. The van der Waals surface area contributed by atoms with Crippen molar-refractivity contribution in [3.63, 3.8) is 0 Å². The van der Waals surface area contributed by atoms with Gasteiger partial charge >= 0.3 is 0 Å². The average molecular weight is 308 g/mol. The summed E-state index contributed by atoms with van der Waals surface area (Å²) < 4.78 is 11.3. The zero-order chi connectivity index (χ0) is 15.3. The number of ether oxygens (including phenoxy) is 1. The van der Waals surface area contributed by atoms with Crippen LogP contribution in [0.3, 0.4) is 0 Å². The third kappa shape index (κ3) is 4.30. The van der Waals surface area contributed by atoms with Crippen molar-refractivity contribution in [1.82, 2.24) is 0 Å². The molecule has 0 saturated carbocycles. The quantitative estimate of drug-likeness (QED) is 0.460. The fourth-order valence-corrected chi connectivity index (χ4v) is 2.45. The molecule has 1 aliphatic heterocycles. The van der Waals surface area contributed by atoms with E-state index in [9.17, 15) is 0 Å². The Labute approximate surface area is 125 Å². The molecule has 114 valence electrons. The van der Waals surface area contributed by atoms with Gasteiger partial charge in [0.2, 0.25) is 0 Å². The highest BCUT2D eigenvalue weighted by molar-refractivity contribution is 6.69. The summed E-state index contributed by atoms with van der Waals surface area (Å²) in [6, 6.07) is 7.52. The first-order valence-electron chi connectivity index (χ1n) is 6.74. The van der Waals surface area contributed by atoms with Gasteiger partial charge in [-0.2, -0.15) is 0 Å². The SMILES string of the molecule is CO/N=C1\C(=N\OCCO[Si](C)(C)C)Oc2ccccc21.